The first-order valence-electron chi connectivity index (χ1n) is 7.92. The van der Waals surface area contributed by atoms with E-state index in [9.17, 15) is 4.79 Å². The van der Waals surface area contributed by atoms with Crippen molar-refractivity contribution in [1.82, 2.24) is 9.88 Å². The van der Waals surface area contributed by atoms with Crippen LogP contribution in [-0.2, 0) is 11.3 Å². The van der Waals surface area contributed by atoms with Crippen LogP contribution in [0.4, 0.5) is 5.69 Å². The molecule has 0 N–H and O–H groups in total. The number of hydrogen-bond acceptors (Lipinski definition) is 4. The lowest BCUT2D eigenvalue weighted by Gasteiger charge is -2.29. The first kappa shape index (κ1) is 16.7. The molecule has 6 heteroatoms. The second-order valence-corrected chi connectivity index (χ2v) is 6.18. The molecule has 1 aliphatic rings. The minimum absolute atomic E-state index is 0.0726. The molecule has 0 atom stereocenters. The predicted molar refractivity (Wildman–Crippen MR) is 94.5 cm³/mol. The smallest absolute Gasteiger partial charge is 0.254 e. The summed E-state index contributed by atoms with van der Waals surface area (Å²) in [7, 11) is 1.78. The molecule has 0 unspecified atom stereocenters. The number of rotatable bonds is 4. The maximum Gasteiger partial charge on any atom is 0.254 e. The second kappa shape index (κ2) is 7.64. The summed E-state index contributed by atoms with van der Waals surface area (Å²) in [6.45, 7) is 3.92. The Bertz CT molecular complexity index is 700. The summed E-state index contributed by atoms with van der Waals surface area (Å²) in [5, 5.41) is 0.323. The number of aromatic nitrogens is 1. The van der Waals surface area contributed by atoms with E-state index in [0.717, 1.165) is 31.9 Å². The van der Waals surface area contributed by atoms with Crippen molar-refractivity contribution < 1.29 is 9.53 Å². The molecule has 1 fully saturated rings. The Kier molecular flexibility index (Phi) is 5.33. The predicted octanol–water partition coefficient (Wildman–Crippen LogP) is 2.84. The van der Waals surface area contributed by atoms with Gasteiger partial charge in [0.2, 0.25) is 0 Å². The number of anilines is 1. The fourth-order valence-electron chi connectivity index (χ4n) is 2.74. The highest BCUT2D eigenvalue weighted by atomic mass is 35.5. The van der Waals surface area contributed by atoms with E-state index in [2.05, 4.69) is 34.1 Å². The molecule has 1 saturated heterocycles. The molecule has 0 saturated carbocycles. The number of halogens is 1. The van der Waals surface area contributed by atoms with Crippen LogP contribution in [0.25, 0.3) is 0 Å². The Morgan fingerprint density at radius 2 is 1.96 bits per heavy atom. The molecule has 1 amide bonds. The number of carbonyl (C=O) groups excluding carboxylic acids is 1. The van der Waals surface area contributed by atoms with Crippen LogP contribution in [0, 0.1) is 0 Å². The van der Waals surface area contributed by atoms with Crippen LogP contribution >= 0.6 is 11.6 Å². The molecular weight excluding hydrogens is 326 g/mol. The van der Waals surface area contributed by atoms with Crippen molar-refractivity contribution in [3.63, 3.8) is 0 Å². The third-order valence-electron chi connectivity index (χ3n) is 4.05. The lowest BCUT2D eigenvalue weighted by molar-refractivity contribution is 0.0785. The molecule has 0 aliphatic carbocycles. The first-order valence-corrected chi connectivity index (χ1v) is 8.30. The number of ether oxygens (including phenoxy) is 1. The summed E-state index contributed by atoms with van der Waals surface area (Å²) in [6, 6.07) is 11.6. The standard InChI is InChI=1S/C18H20ClN3O2/c1-21(18(23)15-6-7-20-17(19)12-15)13-14-2-4-16(5-3-14)22-8-10-24-11-9-22/h2-7,12H,8-11,13H2,1H3. The monoisotopic (exact) mass is 345 g/mol. The molecule has 1 aliphatic heterocycles. The van der Waals surface area contributed by atoms with Gasteiger partial charge in [-0.1, -0.05) is 23.7 Å². The van der Waals surface area contributed by atoms with E-state index in [-0.39, 0.29) is 5.91 Å². The molecule has 0 bridgehead atoms. The number of hydrogen-bond donors (Lipinski definition) is 0. The van der Waals surface area contributed by atoms with Gasteiger partial charge >= 0.3 is 0 Å². The topological polar surface area (TPSA) is 45.7 Å². The third kappa shape index (κ3) is 4.04. The number of benzene rings is 1. The molecule has 126 valence electrons. The third-order valence-corrected chi connectivity index (χ3v) is 4.26. The molecular formula is C18H20ClN3O2. The van der Waals surface area contributed by atoms with Crippen LogP contribution in [0.3, 0.4) is 0 Å². The van der Waals surface area contributed by atoms with E-state index in [0.29, 0.717) is 17.3 Å². The molecule has 1 aromatic carbocycles. The Labute approximate surface area is 146 Å². The lowest BCUT2D eigenvalue weighted by atomic mass is 10.1. The van der Waals surface area contributed by atoms with Gasteiger partial charge in [0.25, 0.3) is 5.91 Å². The Hall–Kier alpha value is -2.11. The largest absolute Gasteiger partial charge is 0.378 e. The maximum absolute atomic E-state index is 12.4. The number of pyridine rings is 1. The minimum atomic E-state index is -0.0726. The van der Waals surface area contributed by atoms with Crippen molar-refractivity contribution in [2.75, 3.05) is 38.3 Å². The van der Waals surface area contributed by atoms with E-state index < -0.39 is 0 Å². The van der Waals surface area contributed by atoms with E-state index in [4.69, 9.17) is 16.3 Å². The fourth-order valence-corrected chi connectivity index (χ4v) is 2.91. The van der Waals surface area contributed by atoms with Crippen molar-refractivity contribution in [2.45, 2.75) is 6.54 Å². The van der Waals surface area contributed by atoms with Gasteiger partial charge in [-0.05, 0) is 29.8 Å². The van der Waals surface area contributed by atoms with Gasteiger partial charge < -0.3 is 14.5 Å². The number of carbonyl (C=O) groups is 1. The average molecular weight is 346 g/mol. The average Bonchev–Trinajstić information content (AvgIpc) is 2.62. The molecule has 1 aromatic heterocycles. The zero-order valence-electron chi connectivity index (χ0n) is 13.6. The van der Waals surface area contributed by atoms with Gasteiger partial charge in [0.05, 0.1) is 13.2 Å². The van der Waals surface area contributed by atoms with Crippen LogP contribution in [-0.4, -0.2) is 49.1 Å². The van der Waals surface area contributed by atoms with Gasteiger partial charge in [-0.15, -0.1) is 0 Å². The summed E-state index contributed by atoms with van der Waals surface area (Å²) in [4.78, 5) is 20.3. The van der Waals surface area contributed by atoms with E-state index >= 15 is 0 Å². The van der Waals surface area contributed by atoms with Crippen LogP contribution in [0.1, 0.15) is 15.9 Å². The molecule has 2 aromatic rings. The summed E-state index contributed by atoms with van der Waals surface area (Å²) < 4.78 is 5.37. The molecule has 5 nitrogen and oxygen atoms in total. The Balaban J connectivity index is 1.63. The van der Waals surface area contributed by atoms with Gasteiger partial charge in [0, 0.05) is 44.1 Å². The van der Waals surface area contributed by atoms with Gasteiger partial charge in [-0.25, -0.2) is 4.98 Å². The zero-order valence-corrected chi connectivity index (χ0v) is 14.4. The van der Waals surface area contributed by atoms with Crippen LogP contribution in [0.15, 0.2) is 42.6 Å². The van der Waals surface area contributed by atoms with Gasteiger partial charge in [-0.2, -0.15) is 0 Å². The Morgan fingerprint density at radius 3 is 2.62 bits per heavy atom. The van der Waals surface area contributed by atoms with Crippen molar-refractivity contribution in [3.05, 3.63) is 58.9 Å². The van der Waals surface area contributed by atoms with Gasteiger partial charge in [0.1, 0.15) is 5.15 Å². The summed E-state index contributed by atoms with van der Waals surface area (Å²) >= 11 is 5.85. The van der Waals surface area contributed by atoms with Gasteiger partial charge in [0.15, 0.2) is 0 Å². The molecule has 0 radical (unpaired) electrons. The summed E-state index contributed by atoms with van der Waals surface area (Å²) in [5.41, 5.74) is 2.82. The minimum Gasteiger partial charge on any atom is -0.378 e. The van der Waals surface area contributed by atoms with E-state index in [1.807, 2.05) is 0 Å². The van der Waals surface area contributed by atoms with E-state index in [1.54, 1.807) is 30.3 Å². The summed E-state index contributed by atoms with van der Waals surface area (Å²) in [5.74, 6) is -0.0726. The van der Waals surface area contributed by atoms with Gasteiger partial charge in [-0.3, -0.25) is 4.79 Å². The quantitative estimate of drug-likeness (QED) is 0.799. The Morgan fingerprint density at radius 1 is 1.25 bits per heavy atom. The zero-order chi connectivity index (χ0) is 16.9. The van der Waals surface area contributed by atoms with Crippen LogP contribution < -0.4 is 4.90 Å². The van der Waals surface area contributed by atoms with Crippen LogP contribution in [0.5, 0.6) is 0 Å². The highest BCUT2D eigenvalue weighted by Crippen LogP contribution is 2.18. The van der Waals surface area contributed by atoms with Crippen molar-refractivity contribution in [1.29, 1.82) is 0 Å². The summed E-state index contributed by atoms with van der Waals surface area (Å²) in [6.07, 6.45) is 1.54. The second-order valence-electron chi connectivity index (χ2n) is 5.79. The molecule has 2 heterocycles. The molecule has 0 spiro atoms. The van der Waals surface area contributed by atoms with Crippen molar-refractivity contribution >= 4 is 23.2 Å². The highest BCUT2D eigenvalue weighted by Gasteiger charge is 2.14. The highest BCUT2D eigenvalue weighted by molar-refractivity contribution is 6.29. The number of morpholine rings is 1. The number of amides is 1. The SMILES string of the molecule is CN(Cc1ccc(N2CCOCC2)cc1)C(=O)c1ccnc(Cl)c1. The number of nitrogens with zero attached hydrogens (tertiary/aromatic N) is 3. The fraction of sp³-hybridized carbons (Fsp3) is 0.333. The van der Waals surface area contributed by atoms with Crippen molar-refractivity contribution in [2.24, 2.45) is 0 Å². The van der Waals surface area contributed by atoms with Crippen molar-refractivity contribution in [3.8, 4) is 0 Å². The van der Waals surface area contributed by atoms with Crippen LogP contribution in [0.2, 0.25) is 5.15 Å². The normalized spacial score (nSPS) is 14.5. The first-order chi connectivity index (χ1) is 11.6. The maximum atomic E-state index is 12.4. The lowest BCUT2D eigenvalue weighted by Crippen LogP contribution is -2.36. The van der Waals surface area contributed by atoms with E-state index in [1.165, 1.54) is 5.69 Å². The molecule has 24 heavy (non-hydrogen) atoms. The molecule has 3 rings (SSSR count).